The number of nitrogens with two attached hydrogens (primary N) is 1. The highest BCUT2D eigenvalue weighted by molar-refractivity contribution is 5.86. The van der Waals surface area contributed by atoms with E-state index in [-0.39, 0.29) is 36.3 Å². The summed E-state index contributed by atoms with van der Waals surface area (Å²) >= 11 is 0. The van der Waals surface area contributed by atoms with Crippen LogP contribution in [0.3, 0.4) is 0 Å². The fraction of sp³-hybridized carbons (Fsp3) is 0.467. The summed E-state index contributed by atoms with van der Waals surface area (Å²) in [6.07, 6.45) is 1.58. The van der Waals surface area contributed by atoms with Gasteiger partial charge in [0.2, 0.25) is 5.91 Å². The highest BCUT2D eigenvalue weighted by atomic mass is 19.1. The molecule has 3 heterocycles. The second kappa shape index (κ2) is 10.6. The molecule has 0 bridgehead atoms. The number of hydrogen-bond donors (Lipinski definition) is 2. The van der Waals surface area contributed by atoms with Gasteiger partial charge in [-0.2, -0.15) is 0 Å². The molecule has 8 nitrogen and oxygen atoms in total. The zero-order valence-electron chi connectivity index (χ0n) is 22.9. The molecule has 3 N–H and O–H groups in total. The minimum absolute atomic E-state index is 0.166. The number of H-pyrrole nitrogens is 1. The number of halogens is 1. The number of nitrogens with zero attached hydrogens (tertiary/aromatic N) is 2. The van der Waals surface area contributed by atoms with Gasteiger partial charge in [0.15, 0.2) is 0 Å². The van der Waals surface area contributed by atoms with Crippen molar-refractivity contribution in [3.63, 3.8) is 0 Å². The van der Waals surface area contributed by atoms with Crippen molar-refractivity contribution in [2.45, 2.75) is 76.5 Å². The largest absolute Gasteiger partial charge is 0.445 e. The number of rotatable bonds is 6. The molecule has 2 aliphatic rings. The minimum Gasteiger partial charge on any atom is -0.445 e. The number of ether oxygens (including phenoxy) is 2. The molecule has 0 spiro atoms. The molecule has 208 valence electrons. The normalized spacial score (nSPS) is 22.7. The number of carbonyl (C=O) groups is 2. The number of amides is 2. The van der Waals surface area contributed by atoms with E-state index in [1.54, 1.807) is 11.0 Å². The molecular weight excluding hydrogens is 499 g/mol. The molecule has 2 aliphatic heterocycles. The second-order valence-electron chi connectivity index (χ2n) is 11.6. The van der Waals surface area contributed by atoms with Crippen LogP contribution in [0.5, 0.6) is 0 Å². The third-order valence-electron chi connectivity index (χ3n) is 7.75. The van der Waals surface area contributed by atoms with Crippen LogP contribution >= 0.6 is 0 Å². The van der Waals surface area contributed by atoms with Crippen LogP contribution in [0.25, 0.3) is 10.9 Å². The average molecular weight is 537 g/mol. The predicted octanol–water partition coefficient (Wildman–Crippen LogP) is 4.54. The van der Waals surface area contributed by atoms with E-state index in [1.807, 2.05) is 69.1 Å². The van der Waals surface area contributed by atoms with Crippen molar-refractivity contribution in [2.24, 2.45) is 5.73 Å². The summed E-state index contributed by atoms with van der Waals surface area (Å²) in [5.41, 5.74) is 8.50. The summed E-state index contributed by atoms with van der Waals surface area (Å²) in [4.78, 5) is 33.8. The van der Waals surface area contributed by atoms with Crippen LogP contribution in [-0.4, -0.2) is 69.7 Å². The Bertz CT molecular complexity index is 1340. The third kappa shape index (κ3) is 5.51. The number of nitrogens with one attached hydrogen (secondary N) is 1. The standard InChI is InChI=1S/C30H37FN4O4/c1-18(39-30(2,3)4)26(32)28(36)34-13-12-25-27(34)23(22-15-33-24-14-20(31)10-11-21(22)24)16-35(25)29(37)38-17-19-8-6-5-7-9-19/h5-11,14-15,18,23,25-27,33H,12-13,16-17,32H2,1-4H3/t18-,23-,25-,26+,27-/m1/s1. The van der Waals surface area contributed by atoms with Crippen LogP contribution in [0.4, 0.5) is 9.18 Å². The Hall–Kier alpha value is -3.43. The summed E-state index contributed by atoms with van der Waals surface area (Å²) in [5, 5.41) is 0.868. The monoisotopic (exact) mass is 536 g/mol. The molecule has 2 aromatic carbocycles. The summed E-state index contributed by atoms with van der Waals surface area (Å²) in [6, 6.07) is 12.8. The third-order valence-corrected chi connectivity index (χ3v) is 7.75. The van der Waals surface area contributed by atoms with Crippen LogP contribution in [-0.2, 0) is 20.9 Å². The van der Waals surface area contributed by atoms with E-state index in [1.165, 1.54) is 12.1 Å². The number of aromatic nitrogens is 1. The van der Waals surface area contributed by atoms with Gasteiger partial charge in [-0.15, -0.1) is 0 Å². The second-order valence-corrected chi connectivity index (χ2v) is 11.6. The van der Waals surface area contributed by atoms with Crippen LogP contribution in [0.15, 0.2) is 54.7 Å². The smallest absolute Gasteiger partial charge is 0.410 e. The molecule has 0 unspecified atom stereocenters. The lowest BCUT2D eigenvalue weighted by molar-refractivity contribution is -0.140. The van der Waals surface area contributed by atoms with Crippen molar-refractivity contribution in [2.75, 3.05) is 13.1 Å². The van der Waals surface area contributed by atoms with Crippen molar-refractivity contribution < 1.29 is 23.5 Å². The molecule has 0 saturated carbocycles. The Morgan fingerprint density at radius 3 is 2.62 bits per heavy atom. The van der Waals surface area contributed by atoms with Gasteiger partial charge in [-0.1, -0.05) is 30.3 Å². The number of hydrogen-bond acceptors (Lipinski definition) is 5. The fourth-order valence-electron chi connectivity index (χ4n) is 6.08. The van der Waals surface area contributed by atoms with Crippen molar-refractivity contribution in [1.82, 2.24) is 14.8 Å². The van der Waals surface area contributed by atoms with E-state index < -0.39 is 23.8 Å². The van der Waals surface area contributed by atoms with Gasteiger partial charge in [0, 0.05) is 36.1 Å². The Morgan fingerprint density at radius 1 is 1.15 bits per heavy atom. The molecule has 2 fully saturated rings. The lowest BCUT2D eigenvalue weighted by Gasteiger charge is -2.34. The van der Waals surface area contributed by atoms with Gasteiger partial charge in [0.1, 0.15) is 18.5 Å². The van der Waals surface area contributed by atoms with Gasteiger partial charge in [-0.05, 0) is 63.4 Å². The maximum absolute atomic E-state index is 13.9. The topological polar surface area (TPSA) is 101 Å². The zero-order valence-corrected chi connectivity index (χ0v) is 22.9. The molecule has 2 amide bonds. The molecule has 2 saturated heterocycles. The Balaban J connectivity index is 1.43. The van der Waals surface area contributed by atoms with Crippen molar-refractivity contribution in [3.05, 3.63) is 71.7 Å². The number of aromatic amines is 1. The van der Waals surface area contributed by atoms with Crippen molar-refractivity contribution in [1.29, 1.82) is 0 Å². The van der Waals surface area contributed by atoms with Crippen LogP contribution < -0.4 is 5.73 Å². The summed E-state index contributed by atoms with van der Waals surface area (Å²) < 4.78 is 25.6. The lowest BCUT2D eigenvalue weighted by Crippen LogP contribution is -2.54. The molecule has 0 radical (unpaired) electrons. The fourth-order valence-corrected chi connectivity index (χ4v) is 6.08. The summed E-state index contributed by atoms with van der Waals surface area (Å²) in [5.74, 6) is -0.728. The maximum Gasteiger partial charge on any atom is 0.410 e. The zero-order chi connectivity index (χ0) is 27.9. The first-order chi connectivity index (χ1) is 18.5. The Labute approximate surface area is 228 Å². The Kier molecular flexibility index (Phi) is 7.39. The molecule has 0 aliphatic carbocycles. The van der Waals surface area contributed by atoms with E-state index in [0.717, 1.165) is 16.5 Å². The first-order valence-corrected chi connectivity index (χ1v) is 13.5. The molecule has 9 heteroatoms. The van der Waals surface area contributed by atoms with E-state index in [2.05, 4.69) is 4.98 Å². The lowest BCUT2D eigenvalue weighted by atomic mass is 9.91. The van der Waals surface area contributed by atoms with Crippen LogP contribution in [0.2, 0.25) is 0 Å². The molecule has 39 heavy (non-hydrogen) atoms. The predicted molar refractivity (Wildman–Crippen MR) is 147 cm³/mol. The number of carbonyl (C=O) groups excluding carboxylic acids is 2. The highest BCUT2D eigenvalue weighted by Crippen LogP contribution is 2.43. The Morgan fingerprint density at radius 2 is 1.90 bits per heavy atom. The van der Waals surface area contributed by atoms with Gasteiger partial charge in [-0.3, -0.25) is 4.79 Å². The molecule has 5 atom stereocenters. The van der Waals surface area contributed by atoms with E-state index >= 15 is 0 Å². The van der Waals surface area contributed by atoms with E-state index in [9.17, 15) is 14.0 Å². The minimum atomic E-state index is -0.847. The van der Waals surface area contributed by atoms with Gasteiger partial charge in [0.05, 0.1) is 23.8 Å². The quantitative estimate of drug-likeness (QED) is 0.482. The average Bonchev–Trinajstić information content (AvgIpc) is 3.60. The van der Waals surface area contributed by atoms with Gasteiger partial charge >= 0.3 is 6.09 Å². The summed E-state index contributed by atoms with van der Waals surface area (Å²) in [6.45, 7) is 8.62. The van der Waals surface area contributed by atoms with Gasteiger partial charge < -0.3 is 30.0 Å². The molecule has 1 aromatic heterocycles. The molecular formula is C30H37FN4O4. The number of benzene rings is 2. The number of fused-ring (bicyclic) bond motifs is 2. The van der Waals surface area contributed by atoms with E-state index in [4.69, 9.17) is 15.2 Å². The SMILES string of the molecule is C[C@@H](OC(C)(C)C)[C@H](N)C(=O)N1CC[C@@H]2[C@H]1[C@@H](c1c[nH]c3cc(F)ccc13)CN2C(=O)OCc1ccccc1. The highest BCUT2D eigenvalue weighted by Gasteiger charge is 2.54. The van der Waals surface area contributed by atoms with Gasteiger partial charge in [-0.25, -0.2) is 9.18 Å². The van der Waals surface area contributed by atoms with Gasteiger partial charge in [0.25, 0.3) is 0 Å². The molecule has 3 aromatic rings. The number of likely N-dealkylation sites (tertiary alicyclic amines) is 2. The van der Waals surface area contributed by atoms with Crippen LogP contribution in [0.1, 0.15) is 51.2 Å². The molecule has 5 rings (SSSR count). The first kappa shape index (κ1) is 27.1. The van der Waals surface area contributed by atoms with Crippen LogP contribution in [0, 0.1) is 5.82 Å². The maximum atomic E-state index is 13.9. The summed E-state index contributed by atoms with van der Waals surface area (Å²) in [7, 11) is 0. The van der Waals surface area contributed by atoms with Crippen molar-refractivity contribution >= 4 is 22.9 Å². The van der Waals surface area contributed by atoms with E-state index in [0.29, 0.717) is 25.0 Å². The van der Waals surface area contributed by atoms with Crippen molar-refractivity contribution in [3.8, 4) is 0 Å². The first-order valence-electron chi connectivity index (χ1n) is 13.5.